The van der Waals surface area contributed by atoms with E-state index in [4.69, 9.17) is 0 Å². The molecule has 8 nitrogen and oxygen atoms in total. The van der Waals surface area contributed by atoms with Crippen LogP contribution in [-0.4, -0.2) is 42.9 Å². The first-order valence-corrected chi connectivity index (χ1v) is 8.74. The summed E-state index contributed by atoms with van der Waals surface area (Å²) in [5.41, 5.74) is -0.446. The fraction of sp³-hybridized carbons (Fsp3) is 0.647. The Kier molecular flexibility index (Phi) is 5.94. The van der Waals surface area contributed by atoms with E-state index < -0.39 is 17.3 Å². The fourth-order valence-corrected chi connectivity index (χ4v) is 2.89. The van der Waals surface area contributed by atoms with Crippen molar-refractivity contribution < 1.29 is 4.79 Å². The van der Waals surface area contributed by atoms with Crippen LogP contribution in [0.2, 0.25) is 0 Å². The summed E-state index contributed by atoms with van der Waals surface area (Å²) in [6, 6.07) is -0.525. The third-order valence-corrected chi connectivity index (χ3v) is 4.64. The van der Waals surface area contributed by atoms with Crippen LogP contribution in [0, 0.1) is 0 Å². The van der Waals surface area contributed by atoms with Crippen molar-refractivity contribution in [3.63, 3.8) is 0 Å². The Morgan fingerprint density at radius 1 is 1.32 bits per heavy atom. The Morgan fingerprint density at radius 3 is 2.56 bits per heavy atom. The van der Waals surface area contributed by atoms with Gasteiger partial charge in [0, 0.05) is 7.05 Å². The van der Waals surface area contributed by atoms with Gasteiger partial charge in [0.25, 0.3) is 5.56 Å². The number of Topliss-reactive ketones (excluding diaryl/α,β-unsaturated/α-hetero) is 1. The van der Waals surface area contributed by atoms with Crippen LogP contribution in [0.5, 0.6) is 0 Å². The number of H-pyrrole nitrogens is 1. The topological polar surface area (TPSA) is 93.0 Å². The Bertz CT molecular complexity index is 877. The van der Waals surface area contributed by atoms with Crippen LogP contribution < -0.4 is 11.2 Å². The first-order chi connectivity index (χ1) is 11.8. The molecule has 0 fully saturated rings. The second-order valence-electron chi connectivity index (χ2n) is 6.40. The van der Waals surface area contributed by atoms with Crippen molar-refractivity contribution in [2.45, 2.75) is 53.1 Å². The van der Waals surface area contributed by atoms with Crippen LogP contribution >= 0.6 is 0 Å². The van der Waals surface area contributed by atoms with E-state index in [1.165, 1.54) is 11.5 Å². The van der Waals surface area contributed by atoms with Crippen molar-refractivity contribution in [3.05, 3.63) is 26.7 Å². The average molecular weight is 349 g/mol. The predicted molar refractivity (Wildman–Crippen MR) is 96.8 cm³/mol. The van der Waals surface area contributed by atoms with Gasteiger partial charge in [0.2, 0.25) is 0 Å². The van der Waals surface area contributed by atoms with Crippen LogP contribution in [0.3, 0.4) is 0 Å². The lowest BCUT2D eigenvalue weighted by Gasteiger charge is -2.21. The molecular weight excluding hydrogens is 322 g/mol. The number of nitrogens with zero attached hydrogens (tertiary/aromatic N) is 4. The molecule has 2 aromatic rings. The smallest absolute Gasteiger partial charge is 0.311 e. The first kappa shape index (κ1) is 19.1. The highest BCUT2D eigenvalue weighted by Crippen LogP contribution is 2.19. The van der Waals surface area contributed by atoms with E-state index in [0.717, 1.165) is 25.9 Å². The normalized spacial score (nSPS) is 12.9. The number of aromatic amines is 1. The number of nitrogens with one attached hydrogen (secondary N) is 1. The number of ketones is 1. The summed E-state index contributed by atoms with van der Waals surface area (Å²) in [5, 5.41) is 0. The molecule has 0 saturated heterocycles. The number of aryl methyl sites for hydroxylation is 1. The molecule has 0 amide bonds. The number of carbonyl (C=O) groups excluding carboxylic acids is 1. The fourth-order valence-electron chi connectivity index (χ4n) is 2.89. The number of hydrogen-bond donors (Lipinski definition) is 1. The van der Waals surface area contributed by atoms with Gasteiger partial charge in [-0.05, 0) is 33.4 Å². The van der Waals surface area contributed by atoms with E-state index >= 15 is 0 Å². The molecule has 0 aliphatic heterocycles. The molecule has 25 heavy (non-hydrogen) atoms. The van der Waals surface area contributed by atoms with Crippen molar-refractivity contribution in [2.75, 3.05) is 13.1 Å². The molecule has 1 atom stereocenters. The highest BCUT2D eigenvalue weighted by Gasteiger charge is 2.24. The molecule has 2 aromatic heterocycles. The van der Waals surface area contributed by atoms with Gasteiger partial charge in [-0.2, -0.15) is 0 Å². The van der Waals surface area contributed by atoms with E-state index in [9.17, 15) is 14.4 Å². The van der Waals surface area contributed by atoms with Crippen molar-refractivity contribution in [3.8, 4) is 0 Å². The molecule has 0 unspecified atom stereocenters. The third-order valence-electron chi connectivity index (χ3n) is 4.64. The number of imidazole rings is 1. The highest BCUT2D eigenvalue weighted by molar-refractivity contribution is 5.82. The summed E-state index contributed by atoms with van der Waals surface area (Å²) >= 11 is 0. The van der Waals surface area contributed by atoms with Gasteiger partial charge in [0.05, 0.1) is 12.6 Å². The van der Waals surface area contributed by atoms with Crippen LogP contribution in [0.1, 0.15) is 52.4 Å². The zero-order valence-electron chi connectivity index (χ0n) is 15.6. The van der Waals surface area contributed by atoms with Gasteiger partial charge in [0.1, 0.15) is 5.82 Å². The minimum Gasteiger partial charge on any atom is -0.311 e. The molecule has 0 radical (unpaired) electrons. The Balaban J connectivity index is 2.66. The zero-order chi connectivity index (χ0) is 18.7. The number of rotatable bonds is 8. The number of aromatic nitrogens is 4. The molecule has 0 aliphatic rings. The lowest BCUT2D eigenvalue weighted by atomic mass is 10.2. The first-order valence-electron chi connectivity index (χ1n) is 8.74. The summed E-state index contributed by atoms with van der Waals surface area (Å²) < 4.78 is 2.98. The van der Waals surface area contributed by atoms with Crippen molar-refractivity contribution in [2.24, 2.45) is 7.05 Å². The molecule has 0 saturated carbocycles. The van der Waals surface area contributed by atoms with Gasteiger partial charge in [-0.1, -0.05) is 20.3 Å². The summed E-state index contributed by atoms with van der Waals surface area (Å²) in [6.45, 7) is 9.73. The summed E-state index contributed by atoms with van der Waals surface area (Å²) in [4.78, 5) is 45.3. The quantitative estimate of drug-likeness (QED) is 0.773. The molecule has 0 spiro atoms. The van der Waals surface area contributed by atoms with Gasteiger partial charge < -0.3 is 4.57 Å². The van der Waals surface area contributed by atoms with Crippen molar-refractivity contribution in [1.29, 1.82) is 0 Å². The van der Waals surface area contributed by atoms with Crippen molar-refractivity contribution >= 4 is 16.9 Å². The number of unbranched alkanes of at least 4 members (excludes halogenated alkanes) is 1. The summed E-state index contributed by atoms with van der Waals surface area (Å²) in [5.74, 6) is 0.563. The monoisotopic (exact) mass is 349 g/mol. The molecule has 0 aliphatic carbocycles. The maximum absolute atomic E-state index is 12.4. The number of hydrogen-bond acceptors (Lipinski definition) is 5. The minimum atomic E-state index is -0.525. The van der Waals surface area contributed by atoms with Crippen LogP contribution in [0.4, 0.5) is 0 Å². The standard InChI is InChI=1S/C17H27N5O3/c1-6-8-9-21(7-2)10-13-18-15-14(22(13)11(3)12(4)23)16(24)19-17(25)20(15)5/h11H,6-10H2,1-5H3,(H,19,24,25)/t11-/m0/s1. The van der Waals surface area contributed by atoms with Gasteiger partial charge in [-0.15, -0.1) is 0 Å². The Morgan fingerprint density at radius 2 is 2.00 bits per heavy atom. The van der Waals surface area contributed by atoms with Gasteiger partial charge in [-0.25, -0.2) is 9.78 Å². The Hall–Kier alpha value is -2.22. The number of fused-ring (bicyclic) bond motifs is 1. The molecular formula is C17H27N5O3. The maximum atomic E-state index is 12.4. The van der Waals surface area contributed by atoms with E-state index in [-0.39, 0.29) is 11.3 Å². The Labute approximate surface area is 146 Å². The van der Waals surface area contributed by atoms with Gasteiger partial charge >= 0.3 is 5.69 Å². The van der Waals surface area contributed by atoms with E-state index in [2.05, 4.69) is 28.7 Å². The largest absolute Gasteiger partial charge is 0.329 e. The predicted octanol–water partition coefficient (Wildman–Crippen LogP) is 1.20. The number of carbonyl (C=O) groups is 1. The van der Waals surface area contributed by atoms with Crippen LogP contribution in [-0.2, 0) is 18.4 Å². The molecule has 2 rings (SSSR count). The van der Waals surface area contributed by atoms with Gasteiger partial charge in [0.15, 0.2) is 16.9 Å². The lowest BCUT2D eigenvalue weighted by molar-refractivity contribution is -0.119. The highest BCUT2D eigenvalue weighted by atomic mass is 16.2. The lowest BCUT2D eigenvalue weighted by Crippen LogP contribution is -2.30. The van der Waals surface area contributed by atoms with Crippen LogP contribution in [0.15, 0.2) is 9.59 Å². The molecule has 1 N–H and O–H groups in total. The third kappa shape index (κ3) is 3.73. The molecule has 8 heteroatoms. The van der Waals surface area contributed by atoms with E-state index in [0.29, 0.717) is 18.0 Å². The second kappa shape index (κ2) is 7.77. The zero-order valence-corrected chi connectivity index (χ0v) is 15.6. The molecule has 0 bridgehead atoms. The summed E-state index contributed by atoms with van der Waals surface area (Å²) in [6.07, 6.45) is 2.15. The summed E-state index contributed by atoms with van der Waals surface area (Å²) in [7, 11) is 1.56. The van der Waals surface area contributed by atoms with Crippen LogP contribution in [0.25, 0.3) is 11.2 Å². The molecule has 138 valence electrons. The second-order valence-corrected chi connectivity index (χ2v) is 6.40. The maximum Gasteiger partial charge on any atom is 0.329 e. The SMILES string of the molecule is CCCCN(CC)Cc1nc2c(c(=O)[nH]c(=O)n2C)n1[C@@H](C)C(C)=O. The average Bonchev–Trinajstić information content (AvgIpc) is 2.95. The molecule has 2 heterocycles. The van der Waals surface area contributed by atoms with E-state index in [1.807, 2.05) is 0 Å². The minimum absolute atomic E-state index is 0.0644. The van der Waals surface area contributed by atoms with Crippen molar-refractivity contribution in [1.82, 2.24) is 24.0 Å². The van der Waals surface area contributed by atoms with Gasteiger partial charge in [-0.3, -0.25) is 24.0 Å². The van der Waals surface area contributed by atoms with E-state index in [1.54, 1.807) is 18.5 Å². The molecule has 0 aromatic carbocycles.